The molecule has 0 fully saturated rings. The Balaban J connectivity index is 3.08. The van der Waals surface area contributed by atoms with E-state index in [0.717, 1.165) is 5.71 Å². The summed E-state index contributed by atoms with van der Waals surface area (Å²) in [6.07, 6.45) is 8.26. The lowest BCUT2D eigenvalue weighted by molar-refractivity contribution is 1.37. The molecule has 1 aliphatic rings. The second-order valence-electron chi connectivity index (χ2n) is 2.52. The molecule has 0 unspecified atom stereocenters. The zero-order chi connectivity index (χ0) is 8.27. The first-order valence-corrected chi connectivity index (χ1v) is 3.78. The summed E-state index contributed by atoms with van der Waals surface area (Å²) < 4.78 is 0. The molecule has 0 aromatic heterocycles. The summed E-state index contributed by atoms with van der Waals surface area (Å²) in [4.78, 5) is 4.17. The van der Waals surface area contributed by atoms with Crippen molar-refractivity contribution in [3.8, 4) is 0 Å². The summed E-state index contributed by atoms with van der Waals surface area (Å²) >= 11 is 0. The summed E-state index contributed by atoms with van der Waals surface area (Å²) in [5.41, 5.74) is 3.61. The van der Waals surface area contributed by atoms with Crippen LogP contribution < -0.4 is 0 Å². The van der Waals surface area contributed by atoms with Gasteiger partial charge in [-0.3, -0.25) is 4.99 Å². The third-order valence-electron chi connectivity index (χ3n) is 1.83. The first-order valence-electron chi connectivity index (χ1n) is 3.78. The van der Waals surface area contributed by atoms with Crippen LogP contribution in [0.1, 0.15) is 13.8 Å². The summed E-state index contributed by atoms with van der Waals surface area (Å²) in [7, 11) is 1.82. The van der Waals surface area contributed by atoms with Gasteiger partial charge in [0.05, 0.1) is 5.71 Å². The predicted octanol–water partition coefficient (Wildman–Crippen LogP) is 2.52. The lowest BCUT2D eigenvalue weighted by atomic mass is 9.97. The maximum absolute atomic E-state index is 4.17. The monoisotopic (exact) mass is 147 g/mol. The fourth-order valence-corrected chi connectivity index (χ4v) is 1.24. The Morgan fingerprint density at radius 1 is 1.45 bits per heavy atom. The van der Waals surface area contributed by atoms with Gasteiger partial charge in [-0.25, -0.2) is 0 Å². The fourth-order valence-electron chi connectivity index (χ4n) is 1.24. The average Bonchev–Trinajstić information content (AvgIpc) is 2.04. The molecular formula is C10H13N. The van der Waals surface area contributed by atoms with E-state index in [1.807, 2.05) is 26.1 Å². The summed E-state index contributed by atoms with van der Waals surface area (Å²) in [5.74, 6) is 0. The number of rotatable bonds is 0. The topological polar surface area (TPSA) is 12.4 Å². The zero-order valence-corrected chi connectivity index (χ0v) is 7.26. The van der Waals surface area contributed by atoms with Gasteiger partial charge < -0.3 is 0 Å². The van der Waals surface area contributed by atoms with E-state index in [-0.39, 0.29) is 0 Å². The van der Waals surface area contributed by atoms with Gasteiger partial charge in [-0.2, -0.15) is 0 Å². The van der Waals surface area contributed by atoms with E-state index in [2.05, 4.69) is 24.1 Å². The van der Waals surface area contributed by atoms with Crippen LogP contribution in [0.2, 0.25) is 0 Å². The van der Waals surface area contributed by atoms with Crippen molar-refractivity contribution in [2.24, 2.45) is 4.99 Å². The number of nitrogens with zero attached hydrogens (tertiary/aromatic N) is 1. The number of hydrogen-bond donors (Lipinski definition) is 0. The zero-order valence-electron chi connectivity index (χ0n) is 7.26. The second kappa shape index (κ2) is 3.33. The highest BCUT2D eigenvalue weighted by Crippen LogP contribution is 2.16. The standard InChI is InChI=1S/C10H13N/c1-4-9-8(2)6-5-7-10(9)11-3/h4-7H,1-3H3/b9-4-,11-10-. The van der Waals surface area contributed by atoms with E-state index in [0.29, 0.717) is 0 Å². The third-order valence-corrected chi connectivity index (χ3v) is 1.83. The van der Waals surface area contributed by atoms with Gasteiger partial charge in [0.2, 0.25) is 0 Å². The lowest BCUT2D eigenvalue weighted by Crippen LogP contribution is -2.03. The number of aliphatic imine (C=N–C) groups is 1. The molecular weight excluding hydrogens is 134 g/mol. The molecule has 1 nitrogen and oxygen atoms in total. The van der Waals surface area contributed by atoms with E-state index in [1.165, 1.54) is 11.1 Å². The van der Waals surface area contributed by atoms with Gasteiger partial charge in [0, 0.05) is 7.05 Å². The van der Waals surface area contributed by atoms with Crippen LogP contribution in [-0.2, 0) is 0 Å². The summed E-state index contributed by atoms with van der Waals surface area (Å²) in [6.45, 7) is 4.14. The van der Waals surface area contributed by atoms with Crippen LogP contribution in [0, 0.1) is 0 Å². The molecule has 1 rings (SSSR count). The van der Waals surface area contributed by atoms with Crippen LogP contribution in [0.25, 0.3) is 0 Å². The Labute approximate surface area is 67.8 Å². The highest BCUT2D eigenvalue weighted by atomic mass is 14.7. The van der Waals surface area contributed by atoms with E-state index < -0.39 is 0 Å². The van der Waals surface area contributed by atoms with Gasteiger partial charge in [0.15, 0.2) is 0 Å². The Bertz CT molecular complexity index is 265. The Kier molecular flexibility index (Phi) is 2.42. The minimum Gasteiger partial charge on any atom is -0.288 e. The highest BCUT2D eigenvalue weighted by molar-refractivity contribution is 6.12. The maximum atomic E-state index is 4.17. The van der Waals surface area contributed by atoms with Crippen molar-refractivity contribution >= 4 is 5.71 Å². The van der Waals surface area contributed by atoms with Gasteiger partial charge in [-0.15, -0.1) is 0 Å². The average molecular weight is 147 g/mol. The number of allylic oxidation sites excluding steroid dienone is 6. The Hall–Kier alpha value is -1.11. The van der Waals surface area contributed by atoms with Crippen molar-refractivity contribution in [1.82, 2.24) is 0 Å². The third kappa shape index (κ3) is 1.48. The van der Waals surface area contributed by atoms with Crippen LogP contribution >= 0.6 is 0 Å². The molecule has 1 aliphatic carbocycles. The molecule has 0 saturated carbocycles. The van der Waals surface area contributed by atoms with E-state index >= 15 is 0 Å². The minimum atomic E-state index is 1.08. The SMILES string of the molecule is C/C=C1/C(C)=CC=C/C1=N/C. The molecule has 0 amide bonds. The largest absolute Gasteiger partial charge is 0.288 e. The molecule has 0 atom stereocenters. The van der Waals surface area contributed by atoms with Crippen LogP contribution in [-0.4, -0.2) is 12.8 Å². The molecule has 58 valence electrons. The van der Waals surface area contributed by atoms with Crippen molar-refractivity contribution in [1.29, 1.82) is 0 Å². The van der Waals surface area contributed by atoms with Crippen molar-refractivity contribution in [3.05, 3.63) is 35.5 Å². The second-order valence-corrected chi connectivity index (χ2v) is 2.52. The molecule has 0 saturated heterocycles. The van der Waals surface area contributed by atoms with Crippen molar-refractivity contribution in [3.63, 3.8) is 0 Å². The predicted molar refractivity (Wildman–Crippen MR) is 50.0 cm³/mol. The quantitative estimate of drug-likeness (QED) is 0.499. The summed E-state index contributed by atoms with van der Waals surface area (Å²) in [6, 6.07) is 0. The lowest BCUT2D eigenvalue weighted by Gasteiger charge is -2.10. The number of hydrogen-bond acceptors (Lipinski definition) is 1. The van der Waals surface area contributed by atoms with E-state index in [4.69, 9.17) is 0 Å². The Morgan fingerprint density at radius 2 is 2.18 bits per heavy atom. The van der Waals surface area contributed by atoms with Crippen LogP contribution in [0.5, 0.6) is 0 Å². The Morgan fingerprint density at radius 3 is 2.64 bits per heavy atom. The highest BCUT2D eigenvalue weighted by Gasteiger charge is 2.06. The van der Waals surface area contributed by atoms with Crippen molar-refractivity contribution < 1.29 is 0 Å². The first kappa shape index (κ1) is 7.99. The molecule has 0 bridgehead atoms. The van der Waals surface area contributed by atoms with Crippen molar-refractivity contribution in [2.75, 3.05) is 7.05 Å². The first-order chi connectivity index (χ1) is 5.29. The molecule has 1 heteroatoms. The van der Waals surface area contributed by atoms with Gasteiger partial charge in [-0.05, 0) is 31.1 Å². The van der Waals surface area contributed by atoms with E-state index in [1.54, 1.807) is 0 Å². The molecule has 0 spiro atoms. The minimum absolute atomic E-state index is 1.08. The molecule has 0 heterocycles. The van der Waals surface area contributed by atoms with E-state index in [9.17, 15) is 0 Å². The summed E-state index contributed by atoms with van der Waals surface area (Å²) in [5, 5.41) is 0. The van der Waals surface area contributed by atoms with Crippen LogP contribution in [0.4, 0.5) is 0 Å². The normalized spacial score (nSPS) is 24.5. The van der Waals surface area contributed by atoms with Gasteiger partial charge in [0.25, 0.3) is 0 Å². The van der Waals surface area contributed by atoms with Crippen LogP contribution in [0.3, 0.4) is 0 Å². The van der Waals surface area contributed by atoms with Gasteiger partial charge in [-0.1, -0.05) is 18.2 Å². The van der Waals surface area contributed by atoms with Gasteiger partial charge >= 0.3 is 0 Å². The molecule has 0 aromatic rings. The molecule has 0 radical (unpaired) electrons. The smallest absolute Gasteiger partial charge is 0.0642 e. The fraction of sp³-hybridized carbons (Fsp3) is 0.300. The van der Waals surface area contributed by atoms with Crippen molar-refractivity contribution in [2.45, 2.75) is 13.8 Å². The maximum Gasteiger partial charge on any atom is 0.0642 e. The molecule has 0 aromatic carbocycles. The molecule has 0 aliphatic heterocycles. The van der Waals surface area contributed by atoms with Crippen LogP contribution in [0.15, 0.2) is 40.4 Å². The molecule has 11 heavy (non-hydrogen) atoms. The van der Waals surface area contributed by atoms with Gasteiger partial charge in [0.1, 0.15) is 0 Å². The molecule has 0 N–H and O–H groups in total.